The van der Waals surface area contributed by atoms with Crippen LogP contribution in [0.15, 0.2) is 21.5 Å². The Labute approximate surface area is 131 Å². The van der Waals surface area contributed by atoms with Gasteiger partial charge in [0.2, 0.25) is 0 Å². The second-order valence-electron chi connectivity index (χ2n) is 5.35. The Bertz CT molecular complexity index is 566. The van der Waals surface area contributed by atoms with Crippen LogP contribution >= 0.6 is 27.7 Å². The van der Waals surface area contributed by atoms with Crippen molar-refractivity contribution in [3.8, 4) is 0 Å². The largest absolute Gasteiger partial charge is 0.465 e. The van der Waals surface area contributed by atoms with Gasteiger partial charge in [-0.2, -0.15) is 0 Å². The lowest BCUT2D eigenvalue weighted by Crippen LogP contribution is -2.46. The van der Waals surface area contributed by atoms with Gasteiger partial charge in [0.15, 0.2) is 0 Å². The molecule has 1 amide bonds. The summed E-state index contributed by atoms with van der Waals surface area (Å²) in [6, 6.07) is 4.72. The minimum absolute atomic E-state index is 0.281. The van der Waals surface area contributed by atoms with Crippen LogP contribution in [0.2, 0.25) is 0 Å². The fourth-order valence-electron chi connectivity index (χ4n) is 3.46. The molecule has 1 saturated heterocycles. The Morgan fingerprint density at radius 2 is 2.25 bits per heavy atom. The SMILES string of the molecule is CSc1cc(Br)cc2c1N(C)C1CCN(C(=O)O)CC21. The average molecular weight is 357 g/mol. The molecule has 6 heteroatoms. The summed E-state index contributed by atoms with van der Waals surface area (Å²) in [5.41, 5.74) is 2.56. The fraction of sp³-hybridized carbons (Fsp3) is 0.500. The number of likely N-dealkylation sites (tertiary alicyclic amines) is 1. The molecule has 1 fully saturated rings. The molecule has 108 valence electrons. The monoisotopic (exact) mass is 356 g/mol. The summed E-state index contributed by atoms with van der Waals surface area (Å²) in [6.07, 6.45) is 2.18. The number of thioether (sulfide) groups is 1. The fourth-order valence-corrected chi connectivity index (χ4v) is 4.79. The van der Waals surface area contributed by atoms with E-state index in [2.05, 4.69) is 46.3 Å². The van der Waals surface area contributed by atoms with E-state index in [0.717, 1.165) is 10.9 Å². The number of likely N-dealkylation sites (N-methyl/N-ethyl adjacent to an activating group) is 1. The van der Waals surface area contributed by atoms with Gasteiger partial charge in [-0.25, -0.2) is 4.79 Å². The second kappa shape index (κ2) is 5.15. The first-order chi connectivity index (χ1) is 9.52. The first-order valence-corrected chi connectivity index (χ1v) is 8.63. The van der Waals surface area contributed by atoms with Crippen LogP contribution in [-0.2, 0) is 0 Å². The Balaban J connectivity index is 2.04. The molecular weight excluding hydrogens is 340 g/mol. The molecule has 0 radical (unpaired) electrons. The van der Waals surface area contributed by atoms with Crippen LogP contribution in [0, 0.1) is 0 Å². The summed E-state index contributed by atoms with van der Waals surface area (Å²) < 4.78 is 1.07. The zero-order chi connectivity index (χ0) is 14.4. The van der Waals surface area contributed by atoms with Crippen molar-refractivity contribution >= 4 is 39.5 Å². The molecule has 0 aliphatic carbocycles. The van der Waals surface area contributed by atoms with Crippen molar-refractivity contribution in [3.05, 3.63) is 22.2 Å². The highest BCUT2D eigenvalue weighted by Gasteiger charge is 2.42. The van der Waals surface area contributed by atoms with Crippen LogP contribution < -0.4 is 4.90 Å². The molecule has 1 aromatic carbocycles. The summed E-state index contributed by atoms with van der Waals surface area (Å²) >= 11 is 5.32. The van der Waals surface area contributed by atoms with Gasteiger partial charge >= 0.3 is 6.09 Å². The van der Waals surface area contributed by atoms with Gasteiger partial charge < -0.3 is 14.9 Å². The minimum atomic E-state index is -0.806. The third-order valence-corrected chi connectivity index (χ3v) is 5.59. The van der Waals surface area contributed by atoms with E-state index in [4.69, 9.17) is 0 Å². The van der Waals surface area contributed by atoms with E-state index in [1.807, 2.05) is 0 Å². The van der Waals surface area contributed by atoms with Gasteiger partial charge in [-0.15, -0.1) is 11.8 Å². The van der Waals surface area contributed by atoms with Crippen LogP contribution in [0.5, 0.6) is 0 Å². The number of anilines is 1. The normalized spacial score (nSPS) is 24.6. The highest BCUT2D eigenvalue weighted by molar-refractivity contribution is 9.10. The number of carbonyl (C=O) groups is 1. The predicted molar refractivity (Wildman–Crippen MR) is 85.1 cm³/mol. The van der Waals surface area contributed by atoms with Gasteiger partial charge in [-0.05, 0) is 30.4 Å². The molecule has 0 bridgehead atoms. The lowest BCUT2D eigenvalue weighted by atomic mass is 9.89. The topological polar surface area (TPSA) is 43.8 Å². The van der Waals surface area contributed by atoms with Crippen molar-refractivity contribution in [2.45, 2.75) is 23.3 Å². The summed E-state index contributed by atoms with van der Waals surface area (Å²) in [4.78, 5) is 16.4. The lowest BCUT2D eigenvalue weighted by Gasteiger charge is -2.36. The molecular formula is C14H17BrN2O2S. The number of benzene rings is 1. The smallest absolute Gasteiger partial charge is 0.407 e. The third kappa shape index (κ3) is 2.09. The van der Waals surface area contributed by atoms with E-state index in [1.54, 1.807) is 16.7 Å². The number of piperidine rings is 1. The maximum atomic E-state index is 11.2. The molecule has 4 nitrogen and oxygen atoms in total. The van der Waals surface area contributed by atoms with E-state index >= 15 is 0 Å². The van der Waals surface area contributed by atoms with Crippen molar-refractivity contribution in [2.24, 2.45) is 0 Å². The minimum Gasteiger partial charge on any atom is -0.465 e. The lowest BCUT2D eigenvalue weighted by molar-refractivity contribution is 0.127. The Morgan fingerprint density at radius 3 is 2.90 bits per heavy atom. The average Bonchev–Trinajstić information content (AvgIpc) is 2.71. The Kier molecular flexibility index (Phi) is 3.62. The van der Waals surface area contributed by atoms with Gasteiger partial charge in [-0.3, -0.25) is 0 Å². The molecule has 1 aromatic rings. The van der Waals surface area contributed by atoms with E-state index in [9.17, 15) is 9.90 Å². The van der Waals surface area contributed by atoms with Crippen molar-refractivity contribution in [1.29, 1.82) is 0 Å². The molecule has 2 heterocycles. The molecule has 2 aliphatic rings. The highest BCUT2D eigenvalue weighted by Crippen LogP contribution is 2.48. The number of hydrogen-bond donors (Lipinski definition) is 1. The molecule has 0 saturated carbocycles. The standard InChI is InChI=1S/C14H17BrN2O2S/c1-16-11-3-4-17(14(18)19)7-10(11)9-5-8(15)6-12(20-2)13(9)16/h5-6,10-11H,3-4,7H2,1-2H3,(H,18,19). The summed E-state index contributed by atoms with van der Waals surface area (Å²) in [6.45, 7) is 1.23. The number of halogens is 1. The number of hydrogen-bond acceptors (Lipinski definition) is 3. The van der Waals surface area contributed by atoms with Gasteiger partial charge in [0, 0.05) is 41.5 Å². The van der Waals surface area contributed by atoms with Gasteiger partial charge in [0.05, 0.1) is 5.69 Å². The second-order valence-corrected chi connectivity index (χ2v) is 7.11. The van der Waals surface area contributed by atoms with E-state index < -0.39 is 6.09 Å². The summed E-state index contributed by atoms with van der Waals surface area (Å²) in [5.74, 6) is 0.281. The number of rotatable bonds is 1. The van der Waals surface area contributed by atoms with Crippen molar-refractivity contribution in [2.75, 3.05) is 31.3 Å². The summed E-state index contributed by atoms with van der Waals surface area (Å²) in [7, 11) is 2.13. The maximum Gasteiger partial charge on any atom is 0.407 e. The predicted octanol–water partition coefficient (Wildman–Crippen LogP) is 3.46. The van der Waals surface area contributed by atoms with Crippen molar-refractivity contribution < 1.29 is 9.90 Å². The van der Waals surface area contributed by atoms with E-state index in [0.29, 0.717) is 19.1 Å². The molecule has 2 unspecified atom stereocenters. The van der Waals surface area contributed by atoms with Crippen LogP contribution in [0.1, 0.15) is 17.9 Å². The molecule has 0 spiro atoms. The van der Waals surface area contributed by atoms with Gasteiger partial charge in [-0.1, -0.05) is 15.9 Å². The Morgan fingerprint density at radius 1 is 1.50 bits per heavy atom. The molecule has 2 aliphatic heterocycles. The van der Waals surface area contributed by atoms with Crippen LogP contribution in [0.25, 0.3) is 0 Å². The molecule has 3 rings (SSSR count). The van der Waals surface area contributed by atoms with Gasteiger partial charge in [0.1, 0.15) is 0 Å². The summed E-state index contributed by atoms with van der Waals surface area (Å²) in [5, 5.41) is 9.23. The zero-order valence-electron chi connectivity index (χ0n) is 11.5. The number of nitrogens with zero attached hydrogens (tertiary/aromatic N) is 2. The molecule has 0 aromatic heterocycles. The van der Waals surface area contributed by atoms with Gasteiger partial charge in [0.25, 0.3) is 0 Å². The van der Waals surface area contributed by atoms with Crippen molar-refractivity contribution in [1.82, 2.24) is 4.90 Å². The molecule has 20 heavy (non-hydrogen) atoms. The Hall–Kier alpha value is -0.880. The molecule has 2 atom stereocenters. The highest BCUT2D eigenvalue weighted by atomic mass is 79.9. The number of amides is 1. The van der Waals surface area contributed by atoms with Crippen LogP contribution in [0.3, 0.4) is 0 Å². The maximum absolute atomic E-state index is 11.2. The van der Waals surface area contributed by atoms with Crippen LogP contribution in [-0.4, -0.2) is 48.5 Å². The zero-order valence-corrected chi connectivity index (χ0v) is 13.9. The van der Waals surface area contributed by atoms with Crippen molar-refractivity contribution in [3.63, 3.8) is 0 Å². The first-order valence-electron chi connectivity index (χ1n) is 6.61. The van der Waals surface area contributed by atoms with E-state index in [-0.39, 0.29) is 5.92 Å². The number of carboxylic acid groups (broad SMARTS) is 1. The van der Waals surface area contributed by atoms with Crippen LogP contribution in [0.4, 0.5) is 10.5 Å². The third-order valence-electron chi connectivity index (χ3n) is 4.39. The van der Waals surface area contributed by atoms with E-state index in [1.165, 1.54) is 16.1 Å². The number of fused-ring (bicyclic) bond motifs is 3. The molecule has 1 N–H and O–H groups in total. The quantitative estimate of drug-likeness (QED) is 0.782. The first kappa shape index (κ1) is 14.1.